The number of fused-ring (bicyclic) bond motifs is 1. The van der Waals surface area contributed by atoms with Crippen LogP contribution in [-0.4, -0.2) is 29.6 Å². The molecular weight excluding hydrogens is 452 g/mol. The van der Waals surface area contributed by atoms with Gasteiger partial charge in [-0.3, -0.25) is 9.78 Å². The Morgan fingerprint density at radius 2 is 1.81 bits per heavy atom. The van der Waals surface area contributed by atoms with Crippen molar-refractivity contribution in [3.63, 3.8) is 0 Å². The maximum Gasteiger partial charge on any atom is 0.258 e. The van der Waals surface area contributed by atoms with Gasteiger partial charge in [0.05, 0.1) is 16.2 Å². The van der Waals surface area contributed by atoms with Gasteiger partial charge in [0.1, 0.15) is 11.6 Å². The fraction of sp³-hybridized carbons (Fsp3) is 0.333. The molecule has 1 saturated carbocycles. The minimum Gasteiger partial charge on any atom is -0.484 e. The molecule has 5 nitrogen and oxygen atoms in total. The van der Waals surface area contributed by atoms with Gasteiger partial charge in [-0.25, -0.2) is 4.39 Å². The van der Waals surface area contributed by atoms with E-state index in [0.29, 0.717) is 17.6 Å². The van der Waals surface area contributed by atoms with Crippen molar-refractivity contribution in [2.75, 3.05) is 6.61 Å². The largest absolute Gasteiger partial charge is 0.484 e. The van der Waals surface area contributed by atoms with Crippen molar-refractivity contribution in [2.24, 2.45) is 0 Å². The number of nitrogens with zero attached hydrogens (tertiary/aromatic N) is 1. The Bertz CT molecular complexity index is 1100. The predicted molar refractivity (Wildman–Crippen MR) is 125 cm³/mol. The molecular formula is C24H24Cl2FN3O2. The molecule has 3 aromatic rings. The lowest BCUT2D eigenvalue weighted by Crippen LogP contribution is -2.43. The summed E-state index contributed by atoms with van der Waals surface area (Å²) in [4.78, 5) is 16.9. The molecule has 1 aliphatic carbocycles. The Balaban J connectivity index is 1.18. The zero-order valence-electron chi connectivity index (χ0n) is 17.4. The zero-order valence-corrected chi connectivity index (χ0v) is 18.9. The van der Waals surface area contributed by atoms with Crippen LogP contribution in [0.3, 0.4) is 0 Å². The third kappa shape index (κ3) is 6.09. The number of halogens is 3. The van der Waals surface area contributed by atoms with Crippen LogP contribution in [0, 0.1) is 5.82 Å². The van der Waals surface area contributed by atoms with E-state index in [9.17, 15) is 9.18 Å². The van der Waals surface area contributed by atoms with E-state index in [1.165, 1.54) is 18.2 Å². The summed E-state index contributed by atoms with van der Waals surface area (Å²) in [5.74, 6) is -0.503. The molecule has 0 radical (unpaired) electrons. The lowest BCUT2D eigenvalue weighted by molar-refractivity contribution is -0.124. The van der Waals surface area contributed by atoms with E-state index >= 15 is 0 Å². The lowest BCUT2D eigenvalue weighted by atomic mass is 9.91. The van der Waals surface area contributed by atoms with Crippen LogP contribution in [-0.2, 0) is 11.3 Å². The second-order valence-corrected chi connectivity index (χ2v) is 8.84. The molecule has 1 aliphatic rings. The van der Waals surface area contributed by atoms with Crippen molar-refractivity contribution < 1.29 is 13.9 Å². The van der Waals surface area contributed by atoms with E-state index in [0.717, 1.165) is 42.3 Å². The van der Waals surface area contributed by atoms with Crippen LogP contribution in [0.25, 0.3) is 10.9 Å². The van der Waals surface area contributed by atoms with Crippen LogP contribution in [0.4, 0.5) is 4.39 Å². The fourth-order valence-electron chi connectivity index (χ4n) is 3.91. The lowest BCUT2D eigenvalue weighted by Gasteiger charge is -2.29. The van der Waals surface area contributed by atoms with Gasteiger partial charge in [0.25, 0.3) is 5.91 Å². The smallest absolute Gasteiger partial charge is 0.258 e. The molecule has 0 saturated heterocycles. The van der Waals surface area contributed by atoms with Crippen LogP contribution >= 0.6 is 23.2 Å². The Kier molecular flexibility index (Phi) is 7.45. The molecule has 1 heterocycles. The van der Waals surface area contributed by atoms with Crippen molar-refractivity contribution >= 4 is 40.0 Å². The topological polar surface area (TPSA) is 63.2 Å². The van der Waals surface area contributed by atoms with Gasteiger partial charge in [-0.15, -0.1) is 0 Å². The maximum absolute atomic E-state index is 13.4. The summed E-state index contributed by atoms with van der Waals surface area (Å²) >= 11 is 11.7. The number of nitrogens with one attached hydrogen (secondary N) is 2. The molecule has 2 N–H and O–H groups in total. The Labute approximate surface area is 196 Å². The van der Waals surface area contributed by atoms with E-state index < -0.39 is 5.82 Å². The summed E-state index contributed by atoms with van der Waals surface area (Å²) in [6, 6.07) is 14.4. The van der Waals surface area contributed by atoms with Crippen molar-refractivity contribution in [3.05, 3.63) is 70.1 Å². The van der Waals surface area contributed by atoms with Crippen molar-refractivity contribution in [3.8, 4) is 5.75 Å². The highest BCUT2D eigenvalue weighted by Crippen LogP contribution is 2.22. The van der Waals surface area contributed by atoms with Crippen molar-refractivity contribution in [1.29, 1.82) is 0 Å². The van der Waals surface area contributed by atoms with Gasteiger partial charge < -0.3 is 15.4 Å². The van der Waals surface area contributed by atoms with Gasteiger partial charge >= 0.3 is 0 Å². The van der Waals surface area contributed by atoms with Crippen LogP contribution in [0.1, 0.15) is 31.4 Å². The highest BCUT2D eigenvalue weighted by Gasteiger charge is 2.22. The molecule has 1 amide bonds. The van der Waals surface area contributed by atoms with E-state index in [1.807, 2.05) is 30.3 Å². The van der Waals surface area contributed by atoms with Crippen LogP contribution < -0.4 is 15.4 Å². The summed E-state index contributed by atoms with van der Waals surface area (Å²) in [6.07, 6.45) is 3.72. The minimum absolute atomic E-state index is 0.0217. The van der Waals surface area contributed by atoms with Gasteiger partial charge in [-0.1, -0.05) is 29.3 Å². The molecule has 0 bridgehead atoms. The molecule has 0 spiro atoms. The van der Waals surface area contributed by atoms with Gasteiger partial charge in [0.15, 0.2) is 6.61 Å². The van der Waals surface area contributed by atoms with E-state index in [1.54, 1.807) is 0 Å². The fourth-order valence-corrected chi connectivity index (χ4v) is 4.21. The van der Waals surface area contributed by atoms with Crippen LogP contribution in [0.5, 0.6) is 5.75 Å². The zero-order chi connectivity index (χ0) is 22.5. The summed E-state index contributed by atoms with van der Waals surface area (Å²) < 4.78 is 18.8. The van der Waals surface area contributed by atoms with E-state index in [-0.39, 0.29) is 29.3 Å². The summed E-state index contributed by atoms with van der Waals surface area (Å²) in [6.45, 7) is 0.545. The number of carbonyl (C=O) groups is 1. The van der Waals surface area contributed by atoms with Crippen LogP contribution in [0.2, 0.25) is 10.0 Å². The quantitative estimate of drug-likeness (QED) is 0.488. The number of benzene rings is 2. The number of aromatic nitrogens is 1. The second-order valence-electron chi connectivity index (χ2n) is 8.00. The van der Waals surface area contributed by atoms with Crippen molar-refractivity contribution in [1.82, 2.24) is 15.6 Å². The molecule has 4 rings (SSSR count). The number of ether oxygens (including phenoxy) is 1. The molecule has 8 heteroatoms. The third-order valence-corrected chi connectivity index (χ3v) is 6.18. The number of pyridine rings is 1. The number of carbonyl (C=O) groups excluding carboxylic acids is 1. The monoisotopic (exact) mass is 475 g/mol. The molecule has 1 aromatic heterocycles. The summed E-state index contributed by atoms with van der Waals surface area (Å²) in [5, 5.41) is 8.33. The first-order chi connectivity index (χ1) is 15.5. The molecule has 1 fully saturated rings. The Morgan fingerprint density at radius 1 is 1.03 bits per heavy atom. The second kappa shape index (κ2) is 10.5. The van der Waals surface area contributed by atoms with Gasteiger partial charge in [0, 0.05) is 35.1 Å². The average Bonchev–Trinajstić information content (AvgIpc) is 2.79. The number of hydrogen-bond acceptors (Lipinski definition) is 4. The molecule has 168 valence electrons. The normalized spacial score (nSPS) is 18.5. The SMILES string of the molecule is O=C(COc1ccc(Cl)c(F)c1)N[C@H]1CC[C@H](NCc2ccc3cc(Cl)ccc3n2)CC1. The first-order valence-electron chi connectivity index (χ1n) is 10.6. The van der Waals surface area contributed by atoms with E-state index in [4.69, 9.17) is 27.9 Å². The molecule has 0 aliphatic heterocycles. The highest BCUT2D eigenvalue weighted by atomic mass is 35.5. The first kappa shape index (κ1) is 22.8. The number of rotatable bonds is 7. The Morgan fingerprint density at radius 3 is 2.59 bits per heavy atom. The number of amides is 1. The molecule has 0 atom stereocenters. The molecule has 32 heavy (non-hydrogen) atoms. The minimum atomic E-state index is -0.571. The molecule has 2 aromatic carbocycles. The van der Waals surface area contributed by atoms with Gasteiger partial charge in [-0.2, -0.15) is 0 Å². The van der Waals surface area contributed by atoms with E-state index in [2.05, 4.69) is 15.6 Å². The van der Waals surface area contributed by atoms with Crippen molar-refractivity contribution in [2.45, 2.75) is 44.3 Å². The first-order valence-corrected chi connectivity index (χ1v) is 11.4. The number of hydrogen-bond donors (Lipinski definition) is 2. The standard InChI is InChI=1S/C24H24Cl2FN3O2/c25-16-2-10-23-15(11-16)1-3-19(29-23)13-28-17-4-6-18(7-5-17)30-24(31)14-32-20-8-9-21(26)22(27)12-20/h1-3,8-12,17-18,28H,4-7,13-14H2,(H,30,31)/t17-,18-. The summed E-state index contributed by atoms with van der Waals surface area (Å²) in [5.41, 5.74) is 1.93. The molecule has 0 unspecified atom stereocenters. The van der Waals surface area contributed by atoms with Gasteiger partial charge in [-0.05, 0) is 62.1 Å². The maximum atomic E-state index is 13.4. The van der Waals surface area contributed by atoms with Gasteiger partial charge in [0.2, 0.25) is 0 Å². The average molecular weight is 476 g/mol. The highest BCUT2D eigenvalue weighted by molar-refractivity contribution is 6.31. The van der Waals surface area contributed by atoms with Crippen LogP contribution in [0.15, 0.2) is 48.5 Å². The third-order valence-electron chi connectivity index (χ3n) is 5.63. The Hall–Kier alpha value is -2.41. The predicted octanol–water partition coefficient (Wildman–Crippen LogP) is 5.28. The summed E-state index contributed by atoms with van der Waals surface area (Å²) in [7, 11) is 0.